The minimum Gasteiger partial charge on any atom is -0.383 e. The van der Waals surface area contributed by atoms with Crippen molar-refractivity contribution in [3.05, 3.63) is 71.4 Å². The van der Waals surface area contributed by atoms with Gasteiger partial charge in [0.25, 0.3) is 5.91 Å². The highest BCUT2D eigenvalue weighted by Crippen LogP contribution is 2.24. The molecular formula is C21H21N5O4. The van der Waals surface area contributed by atoms with Gasteiger partial charge < -0.3 is 15.8 Å². The van der Waals surface area contributed by atoms with Gasteiger partial charge in [-0.2, -0.15) is 5.10 Å². The third kappa shape index (κ3) is 4.70. The van der Waals surface area contributed by atoms with Gasteiger partial charge in [0, 0.05) is 12.8 Å². The number of aromatic nitrogens is 2. The van der Waals surface area contributed by atoms with Crippen molar-refractivity contribution in [1.82, 2.24) is 15.1 Å². The molecule has 0 saturated heterocycles. The molecule has 3 aromatic rings. The molecular weight excluding hydrogens is 386 g/mol. The number of fused-ring (bicyclic) bond motifs is 1. The number of nitrogens with two attached hydrogens (primary N) is 1. The van der Waals surface area contributed by atoms with Crippen LogP contribution < -0.4 is 16.4 Å². The Kier molecular flexibility index (Phi) is 6.56. The highest BCUT2D eigenvalue weighted by atomic mass is 16.5. The number of carbonyl (C=O) groups is 3. The quantitative estimate of drug-likeness (QED) is 0.436. The standard InChI is InChI=1S/C13H11N5O3.C8H10O/c14-12-11-9(5-10(20)16-13(11)21)17-18(12)8-3-1-7(2-4-8)15-6-19;1-9-7-8-5-3-2-4-6-8/h1-4,6H,5,14H2,(H,15,19)(H,16,20,21);2-6H,7H2,1H3. The summed E-state index contributed by atoms with van der Waals surface area (Å²) in [5.41, 5.74) is 9.00. The third-order valence-corrected chi connectivity index (χ3v) is 4.29. The van der Waals surface area contributed by atoms with Crippen LogP contribution in [0, 0.1) is 0 Å². The summed E-state index contributed by atoms with van der Waals surface area (Å²) in [5.74, 6) is -0.766. The van der Waals surface area contributed by atoms with E-state index in [0.29, 0.717) is 30.1 Å². The fourth-order valence-electron chi connectivity index (χ4n) is 2.94. The van der Waals surface area contributed by atoms with Gasteiger partial charge in [-0.05, 0) is 29.8 Å². The molecule has 4 rings (SSSR count). The number of ether oxygens (including phenoxy) is 1. The van der Waals surface area contributed by atoms with Crippen molar-refractivity contribution in [2.75, 3.05) is 18.2 Å². The van der Waals surface area contributed by atoms with E-state index < -0.39 is 11.8 Å². The number of nitrogens with zero attached hydrogens (tertiary/aromatic N) is 2. The Morgan fingerprint density at radius 3 is 2.50 bits per heavy atom. The van der Waals surface area contributed by atoms with Crippen LogP contribution in [0.5, 0.6) is 0 Å². The van der Waals surface area contributed by atoms with E-state index in [1.165, 1.54) is 10.2 Å². The van der Waals surface area contributed by atoms with Gasteiger partial charge in [0.15, 0.2) is 0 Å². The first-order chi connectivity index (χ1) is 14.5. The Bertz CT molecular complexity index is 1050. The van der Waals surface area contributed by atoms with E-state index >= 15 is 0 Å². The smallest absolute Gasteiger partial charge is 0.263 e. The maximum atomic E-state index is 11.8. The highest BCUT2D eigenvalue weighted by Gasteiger charge is 2.29. The second-order valence-corrected chi connectivity index (χ2v) is 6.40. The molecule has 2 heterocycles. The molecule has 1 aliphatic heterocycles. The lowest BCUT2D eigenvalue weighted by Crippen LogP contribution is -2.37. The fourth-order valence-corrected chi connectivity index (χ4v) is 2.94. The zero-order chi connectivity index (χ0) is 21.5. The Morgan fingerprint density at radius 2 is 1.87 bits per heavy atom. The average molecular weight is 407 g/mol. The zero-order valence-corrected chi connectivity index (χ0v) is 16.3. The Morgan fingerprint density at radius 1 is 1.17 bits per heavy atom. The van der Waals surface area contributed by atoms with Crippen LogP contribution >= 0.6 is 0 Å². The third-order valence-electron chi connectivity index (χ3n) is 4.29. The van der Waals surface area contributed by atoms with E-state index in [2.05, 4.69) is 15.7 Å². The summed E-state index contributed by atoms with van der Waals surface area (Å²) < 4.78 is 6.32. The second kappa shape index (κ2) is 9.48. The van der Waals surface area contributed by atoms with Gasteiger partial charge >= 0.3 is 0 Å². The molecule has 30 heavy (non-hydrogen) atoms. The Balaban J connectivity index is 0.000000239. The fraction of sp³-hybridized carbons (Fsp3) is 0.143. The maximum absolute atomic E-state index is 11.8. The lowest BCUT2D eigenvalue weighted by Gasteiger charge is -2.09. The van der Waals surface area contributed by atoms with E-state index in [1.807, 2.05) is 30.3 Å². The minimum atomic E-state index is -0.538. The van der Waals surface area contributed by atoms with Gasteiger partial charge in [-0.1, -0.05) is 30.3 Å². The number of benzene rings is 2. The molecule has 0 bridgehead atoms. The van der Waals surface area contributed by atoms with Crippen LogP contribution in [0.1, 0.15) is 21.6 Å². The molecule has 9 nitrogen and oxygen atoms in total. The van der Waals surface area contributed by atoms with Crippen LogP contribution in [-0.2, 0) is 27.4 Å². The van der Waals surface area contributed by atoms with E-state index in [1.54, 1.807) is 31.4 Å². The number of hydrogen-bond donors (Lipinski definition) is 3. The molecule has 0 saturated carbocycles. The number of methoxy groups -OCH3 is 1. The number of imide groups is 1. The lowest BCUT2D eigenvalue weighted by atomic mass is 10.1. The zero-order valence-electron chi connectivity index (χ0n) is 16.3. The van der Waals surface area contributed by atoms with Crippen molar-refractivity contribution in [3.63, 3.8) is 0 Å². The molecule has 0 atom stereocenters. The van der Waals surface area contributed by atoms with Crippen LogP contribution in [0.3, 0.4) is 0 Å². The summed E-state index contributed by atoms with van der Waals surface area (Å²) in [4.78, 5) is 33.5. The van der Waals surface area contributed by atoms with Crippen molar-refractivity contribution >= 4 is 29.7 Å². The molecule has 0 fully saturated rings. The number of anilines is 2. The van der Waals surface area contributed by atoms with Gasteiger partial charge in [-0.25, -0.2) is 4.68 Å². The SMILES string of the molecule is COCc1ccccc1.Nc1c2c(nn1-c1ccc(NC=O)cc1)CC(=O)NC2=O. The normalized spacial score (nSPS) is 12.3. The lowest BCUT2D eigenvalue weighted by molar-refractivity contribution is -0.119. The predicted octanol–water partition coefficient (Wildman–Crippen LogP) is 1.67. The molecule has 154 valence electrons. The summed E-state index contributed by atoms with van der Waals surface area (Å²) in [6.45, 7) is 0.709. The van der Waals surface area contributed by atoms with Gasteiger partial charge in [0.05, 0.1) is 24.4 Å². The summed E-state index contributed by atoms with van der Waals surface area (Å²) in [6, 6.07) is 16.8. The first-order valence-electron chi connectivity index (χ1n) is 9.08. The van der Waals surface area contributed by atoms with Crippen molar-refractivity contribution in [2.24, 2.45) is 0 Å². The maximum Gasteiger partial charge on any atom is 0.263 e. The van der Waals surface area contributed by atoms with E-state index in [0.717, 1.165) is 0 Å². The molecule has 0 radical (unpaired) electrons. The predicted molar refractivity (Wildman–Crippen MR) is 111 cm³/mol. The molecule has 0 spiro atoms. The molecule has 1 aliphatic rings. The number of nitrogens with one attached hydrogen (secondary N) is 2. The summed E-state index contributed by atoms with van der Waals surface area (Å²) in [5, 5.41) is 8.94. The molecule has 0 unspecified atom stereocenters. The van der Waals surface area contributed by atoms with E-state index in [-0.39, 0.29) is 17.8 Å². The molecule has 3 amide bonds. The van der Waals surface area contributed by atoms with Gasteiger partial charge in [0.2, 0.25) is 12.3 Å². The number of amides is 3. The van der Waals surface area contributed by atoms with Crippen LogP contribution in [-0.4, -0.2) is 35.1 Å². The Hall–Kier alpha value is -3.98. The van der Waals surface area contributed by atoms with Crippen LogP contribution in [0.25, 0.3) is 5.69 Å². The Labute approximate surface area is 172 Å². The molecule has 2 aromatic carbocycles. The first-order valence-corrected chi connectivity index (χ1v) is 9.08. The summed E-state index contributed by atoms with van der Waals surface area (Å²) >= 11 is 0. The van der Waals surface area contributed by atoms with Gasteiger partial charge in [-0.15, -0.1) is 0 Å². The first kappa shape index (κ1) is 20.7. The van der Waals surface area contributed by atoms with Gasteiger partial charge in [0.1, 0.15) is 11.4 Å². The number of rotatable bonds is 5. The summed E-state index contributed by atoms with van der Waals surface area (Å²) in [6.07, 6.45) is 0.592. The van der Waals surface area contributed by atoms with Crippen molar-refractivity contribution in [2.45, 2.75) is 13.0 Å². The highest BCUT2D eigenvalue weighted by molar-refractivity contribution is 6.11. The monoisotopic (exact) mass is 407 g/mol. The number of hydrogen-bond acceptors (Lipinski definition) is 6. The summed E-state index contributed by atoms with van der Waals surface area (Å²) in [7, 11) is 1.70. The van der Waals surface area contributed by atoms with Crippen LogP contribution in [0.15, 0.2) is 54.6 Å². The topological polar surface area (TPSA) is 128 Å². The second-order valence-electron chi connectivity index (χ2n) is 6.40. The average Bonchev–Trinajstić information content (AvgIpc) is 3.07. The number of nitrogen functional groups attached to an aromatic ring is 1. The van der Waals surface area contributed by atoms with Gasteiger partial charge in [-0.3, -0.25) is 19.7 Å². The van der Waals surface area contributed by atoms with E-state index in [9.17, 15) is 14.4 Å². The molecule has 9 heteroatoms. The minimum absolute atomic E-state index is 0.0169. The van der Waals surface area contributed by atoms with Crippen molar-refractivity contribution in [3.8, 4) is 5.69 Å². The van der Waals surface area contributed by atoms with Crippen LogP contribution in [0.2, 0.25) is 0 Å². The van der Waals surface area contributed by atoms with Crippen LogP contribution in [0.4, 0.5) is 11.5 Å². The van der Waals surface area contributed by atoms with E-state index in [4.69, 9.17) is 10.5 Å². The largest absolute Gasteiger partial charge is 0.383 e. The number of carbonyl (C=O) groups excluding carboxylic acids is 3. The van der Waals surface area contributed by atoms with Crippen molar-refractivity contribution < 1.29 is 19.1 Å². The van der Waals surface area contributed by atoms with Crippen molar-refractivity contribution in [1.29, 1.82) is 0 Å². The molecule has 1 aromatic heterocycles. The molecule has 4 N–H and O–H groups in total. The molecule has 0 aliphatic carbocycles.